The number of aromatic nitrogens is 2. The number of rotatable bonds is 9. The second-order valence-corrected chi connectivity index (χ2v) is 6.33. The Bertz CT molecular complexity index is 523. The second-order valence-electron chi connectivity index (χ2n) is 6.33. The van der Waals surface area contributed by atoms with Gasteiger partial charge in [0.2, 0.25) is 0 Å². The van der Waals surface area contributed by atoms with Crippen LogP contribution in [0.2, 0.25) is 0 Å². The van der Waals surface area contributed by atoms with Crippen LogP contribution in [0.1, 0.15) is 70.3 Å². The number of nitrogens with zero attached hydrogens (tertiary/aromatic N) is 2. The van der Waals surface area contributed by atoms with Gasteiger partial charge in [0, 0.05) is 18.7 Å². The van der Waals surface area contributed by atoms with Crippen molar-refractivity contribution in [2.45, 2.75) is 72.4 Å². The van der Waals surface area contributed by atoms with Crippen LogP contribution < -0.4 is 10.9 Å². The summed E-state index contributed by atoms with van der Waals surface area (Å²) in [6.07, 6.45) is 5.09. The van der Waals surface area contributed by atoms with Gasteiger partial charge >= 0.3 is 0 Å². The minimum Gasteiger partial charge on any atom is -0.348 e. The van der Waals surface area contributed by atoms with E-state index in [1.165, 1.54) is 23.2 Å². The molecule has 0 aliphatic heterocycles. The van der Waals surface area contributed by atoms with Crippen molar-refractivity contribution in [1.29, 1.82) is 0 Å². The minimum atomic E-state index is -0.206. The summed E-state index contributed by atoms with van der Waals surface area (Å²) >= 11 is 0. The van der Waals surface area contributed by atoms with Crippen molar-refractivity contribution < 1.29 is 4.79 Å². The highest BCUT2D eigenvalue weighted by Crippen LogP contribution is 2.08. The Balaban J connectivity index is 2.59. The fourth-order valence-electron chi connectivity index (χ4n) is 2.24. The molecule has 1 unspecified atom stereocenters. The molecule has 1 amide bonds. The van der Waals surface area contributed by atoms with Gasteiger partial charge < -0.3 is 5.32 Å². The summed E-state index contributed by atoms with van der Waals surface area (Å²) in [6.45, 7) is 9.02. The Labute approximate surface area is 133 Å². The van der Waals surface area contributed by atoms with Crippen molar-refractivity contribution in [1.82, 2.24) is 15.1 Å². The van der Waals surface area contributed by atoms with Gasteiger partial charge in [-0.15, -0.1) is 0 Å². The highest BCUT2D eigenvalue weighted by molar-refractivity contribution is 5.92. The standard InChI is InChI=1S/C17H29N3O2/c1-5-6-12-20-16(21)11-10-15(19-20)17(22)18-14(4)9-7-8-13(2)3/h10-11,13-14H,5-9,12H2,1-4H3,(H,18,22). The lowest BCUT2D eigenvalue weighted by molar-refractivity contribution is 0.0930. The van der Waals surface area contributed by atoms with E-state index in [-0.39, 0.29) is 17.5 Å². The molecule has 1 N–H and O–H groups in total. The molecular formula is C17H29N3O2. The fraction of sp³-hybridized carbons (Fsp3) is 0.706. The average Bonchev–Trinajstić information content (AvgIpc) is 2.45. The van der Waals surface area contributed by atoms with Crippen LogP contribution >= 0.6 is 0 Å². The molecular weight excluding hydrogens is 278 g/mol. The first-order chi connectivity index (χ1) is 10.4. The summed E-state index contributed by atoms with van der Waals surface area (Å²) < 4.78 is 1.38. The third-order valence-corrected chi connectivity index (χ3v) is 3.62. The molecule has 1 heterocycles. The average molecular weight is 307 g/mol. The van der Waals surface area contributed by atoms with Crippen LogP contribution in [-0.4, -0.2) is 21.7 Å². The molecule has 0 spiro atoms. The van der Waals surface area contributed by atoms with Crippen molar-refractivity contribution in [2.75, 3.05) is 0 Å². The number of hydrogen-bond donors (Lipinski definition) is 1. The van der Waals surface area contributed by atoms with Crippen LogP contribution in [0.3, 0.4) is 0 Å². The third kappa shape index (κ3) is 6.41. The van der Waals surface area contributed by atoms with Crippen molar-refractivity contribution in [3.63, 3.8) is 0 Å². The maximum Gasteiger partial charge on any atom is 0.271 e. The number of amides is 1. The molecule has 1 atom stereocenters. The third-order valence-electron chi connectivity index (χ3n) is 3.62. The molecule has 1 aromatic rings. The maximum absolute atomic E-state index is 12.2. The molecule has 0 fully saturated rings. The van der Waals surface area contributed by atoms with Gasteiger partial charge in [0.15, 0.2) is 0 Å². The van der Waals surface area contributed by atoms with E-state index in [0.717, 1.165) is 25.7 Å². The van der Waals surface area contributed by atoms with E-state index in [4.69, 9.17) is 0 Å². The molecule has 22 heavy (non-hydrogen) atoms. The molecule has 0 radical (unpaired) electrons. The first kappa shape index (κ1) is 18.4. The van der Waals surface area contributed by atoms with Gasteiger partial charge in [0.05, 0.1) is 0 Å². The lowest BCUT2D eigenvalue weighted by Crippen LogP contribution is -2.35. The number of nitrogens with one attached hydrogen (secondary N) is 1. The molecule has 5 nitrogen and oxygen atoms in total. The summed E-state index contributed by atoms with van der Waals surface area (Å²) in [5.74, 6) is 0.481. The molecule has 5 heteroatoms. The van der Waals surface area contributed by atoms with Crippen molar-refractivity contribution in [3.05, 3.63) is 28.2 Å². The summed E-state index contributed by atoms with van der Waals surface area (Å²) in [7, 11) is 0. The van der Waals surface area contributed by atoms with E-state index in [1.54, 1.807) is 0 Å². The summed E-state index contributed by atoms with van der Waals surface area (Å²) in [5, 5.41) is 7.12. The number of carbonyl (C=O) groups is 1. The van der Waals surface area contributed by atoms with Gasteiger partial charge in [0.1, 0.15) is 5.69 Å². The molecule has 0 saturated heterocycles. The number of unbranched alkanes of at least 4 members (excludes halogenated alkanes) is 1. The van der Waals surface area contributed by atoms with Crippen molar-refractivity contribution in [3.8, 4) is 0 Å². The van der Waals surface area contributed by atoms with Crippen LogP contribution in [0.25, 0.3) is 0 Å². The van der Waals surface area contributed by atoms with Crippen LogP contribution in [0.4, 0.5) is 0 Å². The van der Waals surface area contributed by atoms with E-state index in [1.807, 2.05) is 6.92 Å². The molecule has 1 rings (SSSR count). The lowest BCUT2D eigenvalue weighted by atomic mass is 10.0. The number of aryl methyl sites for hydroxylation is 1. The van der Waals surface area contributed by atoms with E-state index in [9.17, 15) is 9.59 Å². The monoisotopic (exact) mass is 307 g/mol. The van der Waals surface area contributed by atoms with Crippen LogP contribution in [0.5, 0.6) is 0 Å². The predicted octanol–water partition coefficient (Wildman–Crippen LogP) is 2.99. The van der Waals surface area contributed by atoms with Gasteiger partial charge in [-0.2, -0.15) is 5.10 Å². The van der Waals surface area contributed by atoms with Crippen molar-refractivity contribution >= 4 is 5.91 Å². The Morgan fingerprint density at radius 3 is 2.59 bits per heavy atom. The zero-order chi connectivity index (χ0) is 16.5. The van der Waals surface area contributed by atoms with Gasteiger partial charge in [-0.1, -0.05) is 40.0 Å². The molecule has 1 aromatic heterocycles. The highest BCUT2D eigenvalue weighted by Gasteiger charge is 2.12. The lowest BCUT2D eigenvalue weighted by Gasteiger charge is -2.14. The van der Waals surface area contributed by atoms with Gasteiger partial charge in [0.25, 0.3) is 11.5 Å². The molecule has 0 aromatic carbocycles. The second kappa shape index (κ2) is 9.38. The van der Waals surface area contributed by atoms with E-state index in [2.05, 4.69) is 31.2 Å². The quantitative estimate of drug-likeness (QED) is 0.763. The van der Waals surface area contributed by atoms with Crippen LogP contribution in [0, 0.1) is 5.92 Å². The zero-order valence-electron chi connectivity index (χ0n) is 14.3. The van der Waals surface area contributed by atoms with E-state index < -0.39 is 0 Å². The van der Waals surface area contributed by atoms with Gasteiger partial charge in [-0.25, -0.2) is 4.68 Å². The predicted molar refractivity (Wildman–Crippen MR) is 89.0 cm³/mol. The zero-order valence-corrected chi connectivity index (χ0v) is 14.3. The van der Waals surface area contributed by atoms with Gasteiger partial charge in [-0.05, 0) is 31.7 Å². The normalized spacial score (nSPS) is 12.4. The maximum atomic E-state index is 12.2. The minimum absolute atomic E-state index is 0.115. The van der Waals surface area contributed by atoms with Crippen LogP contribution in [0.15, 0.2) is 16.9 Å². The summed E-state index contributed by atoms with van der Waals surface area (Å²) in [5.41, 5.74) is 0.154. The smallest absolute Gasteiger partial charge is 0.271 e. The van der Waals surface area contributed by atoms with E-state index in [0.29, 0.717) is 18.2 Å². The first-order valence-electron chi connectivity index (χ1n) is 8.33. The molecule has 0 saturated carbocycles. The Morgan fingerprint density at radius 1 is 1.23 bits per heavy atom. The molecule has 0 aliphatic rings. The number of hydrogen-bond acceptors (Lipinski definition) is 3. The summed E-state index contributed by atoms with van der Waals surface area (Å²) in [6, 6.07) is 3.03. The molecule has 0 aliphatic carbocycles. The van der Waals surface area contributed by atoms with Gasteiger partial charge in [-0.3, -0.25) is 9.59 Å². The van der Waals surface area contributed by atoms with Crippen molar-refractivity contribution in [2.24, 2.45) is 5.92 Å². The number of carbonyl (C=O) groups excluding carboxylic acids is 1. The Hall–Kier alpha value is -1.65. The Morgan fingerprint density at radius 2 is 1.95 bits per heavy atom. The molecule has 0 bridgehead atoms. The van der Waals surface area contributed by atoms with E-state index >= 15 is 0 Å². The fourth-order valence-corrected chi connectivity index (χ4v) is 2.24. The first-order valence-corrected chi connectivity index (χ1v) is 8.33. The SMILES string of the molecule is CCCCn1nc(C(=O)NC(C)CCCC(C)C)ccc1=O. The summed E-state index contributed by atoms with van der Waals surface area (Å²) in [4.78, 5) is 23.9. The molecule has 124 valence electrons. The topological polar surface area (TPSA) is 64.0 Å². The highest BCUT2D eigenvalue weighted by atomic mass is 16.2. The largest absolute Gasteiger partial charge is 0.348 e. The Kier molecular flexibility index (Phi) is 7.85. The van der Waals surface area contributed by atoms with Crippen LogP contribution in [-0.2, 0) is 6.54 Å².